The van der Waals surface area contributed by atoms with Crippen LogP contribution in [0.25, 0.3) is 0 Å². The fourth-order valence-electron chi connectivity index (χ4n) is 3.45. The van der Waals surface area contributed by atoms with Crippen molar-refractivity contribution in [2.24, 2.45) is 0 Å². The second-order valence-corrected chi connectivity index (χ2v) is 10.2. The van der Waals surface area contributed by atoms with Crippen LogP contribution in [0.4, 0.5) is 21.6 Å². The Kier molecular flexibility index (Phi) is 6.72. The van der Waals surface area contributed by atoms with Crippen molar-refractivity contribution in [2.45, 2.75) is 44.3 Å². The number of aromatic nitrogens is 1. The van der Waals surface area contributed by atoms with Crippen LogP contribution in [0.2, 0.25) is 0 Å². The largest absolute Gasteiger partial charge is 0.494 e. The number of sulfonamides is 1. The number of benzene rings is 1. The first kappa shape index (κ1) is 21.9. The van der Waals surface area contributed by atoms with Gasteiger partial charge in [0.25, 0.3) is 5.56 Å². The second kappa shape index (κ2) is 8.90. The molecule has 7 nitrogen and oxygen atoms in total. The maximum absolute atomic E-state index is 14.3. The zero-order chi connectivity index (χ0) is 21.2. The van der Waals surface area contributed by atoms with Gasteiger partial charge in [-0.15, -0.1) is 0 Å². The first-order valence-electron chi connectivity index (χ1n) is 9.27. The van der Waals surface area contributed by atoms with Crippen LogP contribution in [0.15, 0.2) is 23.0 Å². The van der Waals surface area contributed by atoms with E-state index in [1.54, 1.807) is 6.07 Å². The summed E-state index contributed by atoms with van der Waals surface area (Å²) in [7, 11) is -2.36. The summed E-state index contributed by atoms with van der Waals surface area (Å²) < 4.78 is 48.9. The molecule has 1 fully saturated rings. The molecule has 0 unspecified atom stereocenters. The van der Waals surface area contributed by atoms with Crippen molar-refractivity contribution < 1.29 is 17.5 Å². The first-order chi connectivity index (χ1) is 13.7. The third-order valence-corrected chi connectivity index (χ3v) is 7.54. The van der Waals surface area contributed by atoms with E-state index in [-0.39, 0.29) is 28.5 Å². The molecule has 1 aliphatic rings. The Balaban J connectivity index is 2.06. The van der Waals surface area contributed by atoms with Gasteiger partial charge in [0, 0.05) is 3.57 Å². The number of methoxy groups -OCH3 is 1. The number of halogens is 2. The lowest BCUT2D eigenvalue weighted by Gasteiger charge is -2.24. The van der Waals surface area contributed by atoms with Gasteiger partial charge in [-0.25, -0.2) is 12.8 Å². The molecule has 0 bridgehead atoms. The molecule has 0 amide bonds. The summed E-state index contributed by atoms with van der Waals surface area (Å²) in [6.45, 7) is 1.53. The Morgan fingerprint density at radius 2 is 1.93 bits per heavy atom. The summed E-state index contributed by atoms with van der Waals surface area (Å²) in [5.41, 5.74) is -0.0726. The van der Waals surface area contributed by atoms with Crippen LogP contribution in [-0.2, 0) is 10.0 Å². The number of pyridine rings is 1. The minimum absolute atomic E-state index is 0.0249. The highest BCUT2D eigenvalue weighted by molar-refractivity contribution is 14.1. The third-order valence-electron chi connectivity index (χ3n) is 5.03. The van der Waals surface area contributed by atoms with Gasteiger partial charge < -0.3 is 15.0 Å². The number of hydrogen-bond acceptors (Lipinski definition) is 5. The van der Waals surface area contributed by atoms with E-state index in [1.807, 2.05) is 22.6 Å². The van der Waals surface area contributed by atoms with E-state index in [4.69, 9.17) is 4.74 Å². The number of anilines is 3. The average Bonchev–Trinajstić information content (AvgIpc) is 2.68. The number of aromatic amines is 1. The standard InChI is InChI=1S/C19H23FIN3O4S/c1-11-17(28-2)16(24-29(26,27)13-6-4-3-5-7-13)18(23-19(11)25)22-15-9-8-12(21)10-14(15)20/h8-10,13,24H,3-7H2,1-2H3,(H2,22,23,25). The quantitative estimate of drug-likeness (QED) is 0.481. The van der Waals surface area contributed by atoms with Crippen molar-refractivity contribution in [1.29, 1.82) is 0 Å². The highest BCUT2D eigenvalue weighted by Crippen LogP contribution is 2.36. The molecule has 1 aromatic carbocycles. The van der Waals surface area contributed by atoms with Crippen LogP contribution in [0.1, 0.15) is 37.7 Å². The van der Waals surface area contributed by atoms with Crippen LogP contribution in [0, 0.1) is 16.3 Å². The first-order valence-corrected chi connectivity index (χ1v) is 11.9. The Hall–Kier alpha value is -1.82. The van der Waals surface area contributed by atoms with E-state index in [0.29, 0.717) is 16.4 Å². The molecular formula is C19H23FIN3O4S. The normalized spacial score (nSPS) is 15.2. The van der Waals surface area contributed by atoms with E-state index < -0.39 is 26.6 Å². The molecule has 0 atom stereocenters. The van der Waals surface area contributed by atoms with E-state index in [9.17, 15) is 17.6 Å². The fourth-order valence-corrected chi connectivity index (χ4v) is 5.50. The van der Waals surface area contributed by atoms with Crippen molar-refractivity contribution in [2.75, 3.05) is 17.1 Å². The van der Waals surface area contributed by atoms with Crippen LogP contribution < -0.4 is 20.3 Å². The van der Waals surface area contributed by atoms with Gasteiger partial charge in [0.15, 0.2) is 5.75 Å². The van der Waals surface area contributed by atoms with Crippen molar-refractivity contribution in [3.8, 4) is 5.75 Å². The highest BCUT2D eigenvalue weighted by Gasteiger charge is 2.30. The SMILES string of the molecule is COc1c(NS(=O)(=O)C2CCCCC2)c(Nc2ccc(I)cc2F)[nH]c(=O)c1C. The fraction of sp³-hybridized carbons (Fsp3) is 0.421. The van der Waals surface area contributed by atoms with Gasteiger partial charge in [-0.2, -0.15) is 0 Å². The molecule has 0 spiro atoms. The maximum Gasteiger partial charge on any atom is 0.256 e. The lowest BCUT2D eigenvalue weighted by molar-refractivity contribution is 0.412. The Bertz CT molecular complexity index is 1070. The van der Waals surface area contributed by atoms with Gasteiger partial charge in [0.2, 0.25) is 10.0 Å². The monoisotopic (exact) mass is 535 g/mol. The van der Waals surface area contributed by atoms with Crippen molar-refractivity contribution in [1.82, 2.24) is 4.98 Å². The van der Waals surface area contributed by atoms with E-state index in [0.717, 1.165) is 19.3 Å². The molecule has 0 radical (unpaired) electrons. The van der Waals surface area contributed by atoms with Crippen LogP contribution in [-0.4, -0.2) is 25.8 Å². The lowest BCUT2D eigenvalue weighted by atomic mass is 10.0. The summed E-state index contributed by atoms with van der Waals surface area (Å²) in [6.07, 6.45) is 3.88. The van der Waals surface area contributed by atoms with Gasteiger partial charge in [-0.3, -0.25) is 9.52 Å². The minimum atomic E-state index is -3.72. The van der Waals surface area contributed by atoms with Crippen LogP contribution >= 0.6 is 22.6 Å². The molecule has 158 valence electrons. The van der Waals surface area contributed by atoms with Crippen molar-refractivity contribution in [3.63, 3.8) is 0 Å². The number of rotatable bonds is 6. The van der Waals surface area contributed by atoms with E-state index in [2.05, 4.69) is 15.0 Å². The molecule has 1 saturated carbocycles. The molecule has 3 N–H and O–H groups in total. The number of ether oxygens (including phenoxy) is 1. The Morgan fingerprint density at radius 3 is 2.55 bits per heavy atom. The van der Waals surface area contributed by atoms with Gasteiger partial charge in [-0.1, -0.05) is 19.3 Å². The highest BCUT2D eigenvalue weighted by atomic mass is 127. The van der Waals surface area contributed by atoms with Crippen LogP contribution in [0.3, 0.4) is 0 Å². The molecule has 1 aliphatic carbocycles. The number of nitrogens with one attached hydrogen (secondary N) is 3. The number of H-pyrrole nitrogens is 1. The predicted octanol–water partition coefficient (Wildman–Crippen LogP) is 4.25. The molecule has 0 saturated heterocycles. The third kappa shape index (κ3) is 4.85. The lowest BCUT2D eigenvalue weighted by Crippen LogP contribution is -2.31. The summed E-state index contributed by atoms with van der Waals surface area (Å²) >= 11 is 1.99. The minimum Gasteiger partial charge on any atom is -0.494 e. The molecule has 29 heavy (non-hydrogen) atoms. The summed E-state index contributed by atoms with van der Waals surface area (Å²) in [5, 5.41) is 2.28. The maximum atomic E-state index is 14.3. The molecular weight excluding hydrogens is 512 g/mol. The summed E-state index contributed by atoms with van der Waals surface area (Å²) in [6, 6.07) is 4.54. The van der Waals surface area contributed by atoms with Crippen molar-refractivity contribution >= 4 is 49.8 Å². The molecule has 1 aromatic heterocycles. The predicted molar refractivity (Wildman–Crippen MR) is 120 cm³/mol. The molecule has 1 heterocycles. The smallest absolute Gasteiger partial charge is 0.256 e. The van der Waals surface area contributed by atoms with Gasteiger partial charge >= 0.3 is 0 Å². The molecule has 0 aliphatic heterocycles. The van der Waals surface area contributed by atoms with E-state index in [1.165, 1.54) is 26.2 Å². The van der Waals surface area contributed by atoms with Gasteiger partial charge in [0.05, 0.1) is 23.6 Å². The molecule has 3 rings (SSSR count). The van der Waals surface area contributed by atoms with E-state index >= 15 is 0 Å². The summed E-state index contributed by atoms with van der Waals surface area (Å²) in [4.78, 5) is 14.9. The zero-order valence-corrected chi connectivity index (χ0v) is 19.1. The van der Waals surface area contributed by atoms with Gasteiger partial charge in [0.1, 0.15) is 17.3 Å². The Morgan fingerprint density at radius 1 is 1.24 bits per heavy atom. The number of hydrogen-bond donors (Lipinski definition) is 3. The topological polar surface area (TPSA) is 100 Å². The summed E-state index contributed by atoms with van der Waals surface area (Å²) in [5.74, 6) is -0.406. The van der Waals surface area contributed by atoms with Crippen LogP contribution in [0.5, 0.6) is 5.75 Å². The zero-order valence-electron chi connectivity index (χ0n) is 16.1. The molecule has 10 heteroatoms. The van der Waals surface area contributed by atoms with Crippen molar-refractivity contribution in [3.05, 3.63) is 43.5 Å². The average molecular weight is 535 g/mol. The Labute approximate surface area is 182 Å². The second-order valence-electron chi connectivity index (χ2n) is 7.02. The van der Waals surface area contributed by atoms with Gasteiger partial charge in [-0.05, 0) is 60.6 Å². The molecule has 2 aromatic rings.